The molecule has 0 aliphatic carbocycles. The summed E-state index contributed by atoms with van der Waals surface area (Å²) in [7, 11) is 0. The van der Waals surface area contributed by atoms with Crippen molar-refractivity contribution < 1.29 is 24.0 Å². The Morgan fingerprint density at radius 3 is 1.65 bits per heavy atom. The van der Waals surface area contributed by atoms with Gasteiger partial charge in [-0.25, -0.2) is 0 Å². The Balaban J connectivity index is 1.68. The molecule has 0 saturated heterocycles. The molecule has 2 aliphatic rings. The van der Waals surface area contributed by atoms with Gasteiger partial charge in [-0.2, -0.15) is 0 Å². The second kappa shape index (κ2) is 4.35. The molecule has 2 aromatic rings. The smallest absolute Gasteiger partial charge is 0.359 e. The van der Waals surface area contributed by atoms with Crippen LogP contribution in [0.1, 0.15) is 0 Å². The molecule has 6 heteroatoms. The molecule has 0 aromatic heterocycles. The summed E-state index contributed by atoms with van der Waals surface area (Å²) in [6.45, 7) is -0.309. The van der Waals surface area contributed by atoms with E-state index in [0.29, 0.717) is 23.0 Å². The zero-order chi connectivity index (χ0) is 13.5. The molecule has 5 nitrogen and oxygen atoms in total. The second-order valence-corrected chi connectivity index (χ2v) is 4.63. The van der Waals surface area contributed by atoms with E-state index < -0.39 is 6.92 Å². The highest BCUT2D eigenvalue weighted by molar-refractivity contribution is 6.79. The molecule has 0 unspecified atom stereocenters. The zero-order valence-corrected chi connectivity index (χ0v) is 10.5. The van der Waals surface area contributed by atoms with Crippen molar-refractivity contribution in [3.8, 4) is 23.0 Å². The summed E-state index contributed by atoms with van der Waals surface area (Å²) >= 11 is 0. The van der Waals surface area contributed by atoms with E-state index in [1.165, 1.54) is 0 Å². The third-order valence-corrected chi connectivity index (χ3v) is 3.42. The van der Waals surface area contributed by atoms with Crippen molar-refractivity contribution in [3.63, 3.8) is 0 Å². The molecule has 2 aliphatic heterocycles. The van der Waals surface area contributed by atoms with Gasteiger partial charge in [0.1, 0.15) is 0 Å². The van der Waals surface area contributed by atoms with E-state index in [4.69, 9.17) is 18.9 Å². The number of fused-ring (bicyclic) bond motifs is 2. The minimum atomic E-state index is -0.751. The van der Waals surface area contributed by atoms with Crippen LogP contribution in [-0.4, -0.2) is 25.5 Å². The summed E-state index contributed by atoms with van der Waals surface area (Å²) in [6, 6.07) is 10.8. The van der Waals surface area contributed by atoms with Crippen LogP contribution in [0.5, 0.6) is 23.0 Å². The normalized spacial score (nSPS) is 14.4. The van der Waals surface area contributed by atoms with Gasteiger partial charge in [-0.15, -0.1) is 0 Å². The highest BCUT2D eigenvalue weighted by atomic mass is 16.7. The molecule has 0 spiro atoms. The molecule has 0 bridgehead atoms. The van der Waals surface area contributed by atoms with Crippen LogP contribution < -0.4 is 29.9 Å². The van der Waals surface area contributed by atoms with E-state index in [1.54, 1.807) is 24.3 Å². The summed E-state index contributed by atoms with van der Waals surface area (Å²) < 4.78 is 21.2. The number of hydrogen-bond acceptors (Lipinski definition) is 5. The van der Waals surface area contributed by atoms with E-state index in [-0.39, 0.29) is 13.6 Å². The van der Waals surface area contributed by atoms with Crippen LogP contribution in [0, 0.1) is 0 Å². The summed E-state index contributed by atoms with van der Waals surface area (Å²) in [5.74, 6) is 2.71. The Hall–Kier alpha value is -2.34. The Morgan fingerprint density at radius 2 is 1.15 bits per heavy atom. The van der Waals surface area contributed by atoms with Gasteiger partial charge in [-0.1, -0.05) is 12.1 Å². The SMILES string of the molecule is OB(c1ccc2c(c1)OCO2)c1ccc2c(c1)OCO2. The Labute approximate surface area is 115 Å². The van der Waals surface area contributed by atoms with Crippen LogP contribution in [0.15, 0.2) is 36.4 Å². The molecular weight excluding hydrogens is 259 g/mol. The second-order valence-electron chi connectivity index (χ2n) is 4.63. The van der Waals surface area contributed by atoms with Gasteiger partial charge < -0.3 is 24.0 Å². The standard InChI is InChI=1S/C14H11BO5/c16-15(9-1-3-11-13(5-9)19-7-17-11)10-2-4-12-14(6-10)20-8-18-12/h1-6,16H,7-8H2. The fraction of sp³-hybridized carbons (Fsp3) is 0.143. The average Bonchev–Trinajstić information content (AvgIpc) is 3.13. The lowest BCUT2D eigenvalue weighted by Gasteiger charge is -2.09. The number of benzene rings is 2. The van der Waals surface area contributed by atoms with Crippen LogP contribution >= 0.6 is 0 Å². The number of ether oxygens (including phenoxy) is 4. The topological polar surface area (TPSA) is 57.2 Å². The molecule has 0 saturated carbocycles. The van der Waals surface area contributed by atoms with E-state index in [1.807, 2.05) is 12.1 Å². The van der Waals surface area contributed by atoms with Crippen molar-refractivity contribution in [1.82, 2.24) is 0 Å². The summed E-state index contributed by atoms with van der Waals surface area (Å²) in [5.41, 5.74) is 1.49. The minimum Gasteiger partial charge on any atom is -0.454 e. The van der Waals surface area contributed by atoms with Gasteiger partial charge in [-0.05, 0) is 35.2 Å². The minimum absolute atomic E-state index is 0.221. The molecule has 2 aromatic carbocycles. The van der Waals surface area contributed by atoms with Gasteiger partial charge in [0.25, 0.3) is 0 Å². The van der Waals surface area contributed by atoms with Crippen LogP contribution in [0.25, 0.3) is 0 Å². The molecule has 1 N–H and O–H groups in total. The van der Waals surface area contributed by atoms with Gasteiger partial charge in [0.15, 0.2) is 23.0 Å². The van der Waals surface area contributed by atoms with Gasteiger partial charge in [0, 0.05) is 0 Å². The van der Waals surface area contributed by atoms with Crippen molar-refractivity contribution >= 4 is 17.8 Å². The first-order valence-corrected chi connectivity index (χ1v) is 6.28. The zero-order valence-electron chi connectivity index (χ0n) is 10.5. The molecule has 4 rings (SSSR count). The molecular formula is C14H11BO5. The maximum atomic E-state index is 10.5. The van der Waals surface area contributed by atoms with Crippen LogP contribution in [-0.2, 0) is 0 Å². The molecule has 0 atom stereocenters. The van der Waals surface area contributed by atoms with Crippen LogP contribution in [0.3, 0.4) is 0 Å². The third-order valence-electron chi connectivity index (χ3n) is 3.42. The predicted octanol–water partition coefficient (Wildman–Crippen LogP) is 0.242. The summed E-state index contributed by atoms with van der Waals surface area (Å²) in [4.78, 5) is 0. The molecule has 2 heterocycles. The Bertz CT molecular complexity index is 615. The summed E-state index contributed by atoms with van der Waals surface area (Å²) in [5, 5.41) is 10.5. The number of rotatable bonds is 2. The average molecular weight is 270 g/mol. The summed E-state index contributed by atoms with van der Waals surface area (Å²) in [6.07, 6.45) is 0. The Morgan fingerprint density at radius 1 is 0.700 bits per heavy atom. The molecule has 0 amide bonds. The highest BCUT2D eigenvalue weighted by Gasteiger charge is 2.23. The van der Waals surface area contributed by atoms with Crippen LogP contribution in [0.4, 0.5) is 0 Å². The molecule has 100 valence electrons. The largest absolute Gasteiger partial charge is 0.454 e. The lowest BCUT2D eigenvalue weighted by atomic mass is 9.56. The molecule has 20 heavy (non-hydrogen) atoms. The molecule has 0 fully saturated rings. The lowest BCUT2D eigenvalue weighted by Crippen LogP contribution is -2.42. The highest BCUT2D eigenvalue weighted by Crippen LogP contribution is 2.31. The lowest BCUT2D eigenvalue weighted by molar-refractivity contribution is 0.173. The van der Waals surface area contributed by atoms with E-state index in [0.717, 1.165) is 10.9 Å². The van der Waals surface area contributed by atoms with Crippen molar-refractivity contribution in [1.29, 1.82) is 0 Å². The fourth-order valence-electron chi connectivity index (χ4n) is 2.36. The monoisotopic (exact) mass is 270 g/mol. The first-order chi connectivity index (χ1) is 9.81. The van der Waals surface area contributed by atoms with Crippen molar-refractivity contribution in [2.45, 2.75) is 0 Å². The predicted molar refractivity (Wildman–Crippen MR) is 72.4 cm³/mol. The fourth-order valence-corrected chi connectivity index (χ4v) is 2.36. The van der Waals surface area contributed by atoms with E-state index in [2.05, 4.69) is 0 Å². The quantitative estimate of drug-likeness (QED) is 0.792. The van der Waals surface area contributed by atoms with Crippen LogP contribution in [0.2, 0.25) is 0 Å². The Kier molecular flexibility index (Phi) is 2.50. The van der Waals surface area contributed by atoms with Crippen molar-refractivity contribution in [2.24, 2.45) is 0 Å². The number of hydrogen-bond donors (Lipinski definition) is 1. The maximum absolute atomic E-state index is 10.5. The van der Waals surface area contributed by atoms with Crippen molar-refractivity contribution in [2.75, 3.05) is 13.6 Å². The maximum Gasteiger partial charge on any atom is 0.359 e. The van der Waals surface area contributed by atoms with Gasteiger partial charge in [0.2, 0.25) is 13.6 Å². The van der Waals surface area contributed by atoms with Gasteiger partial charge >= 0.3 is 6.92 Å². The van der Waals surface area contributed by atoms with Gasteiger partial charge in [-0.3, -0.25) is 0 Å². The van der Waals surface area contributed by atoms with Gasteiger partial charge in [0.05, 0.1) is 0 Å². The molecule has 0 radical (unpaired) electrons. The first kappa shape index (κ1) is 11.5. The van der Waals surface area contributed by atoms with E-state index >= 15 is 0 Å². The van der Waals surface area contributed by atoms with Crippen molar-refractivity contribution in [3.05, 3.63) is 36.4 Å². The van der Waals surface area contributed by atoms with E-state index in [9.17, 15) is 5.02 Å². The third kappa shape index (κ3) is 1.77. The first-order valence-electron chi connectivity index (χ1n) is 6.28.